The van der Waals surface area contributed by atoms with Crippen LogP contribution >= 0.6 is 0 Å². The van der Waals surface area contributed by atoms with Gasteiger partial charge in [-0.25, -0.2) is 0 Å². The Morgan fingerprint density at radius 3 is 2.58 bits per heavy atom. The zero-order chi connectivity index (χ0) is 13.8. The number of hydrogen-bond donors (Lipinski definition) is 1. The largest absolute Gasteiger partial charge is 0.373 e. The summed E-state index contributed by atoms with van der Waals surface area (Å²) in [5.74, 6) is -0.306. The SMILES string of the molecule is CCN1C(=O)CC(Nc2ccc(CC#N)cc2)C1=O. The van der Waals surface area contributed by atoms with Gasteiger partial charge in [0, 0.05) is 12.2 Å². The first-order valence-corrected chi connectivity index (χ1v) is 6.22. The van der Waals surface area contributed by atoms with Gasteiger partial charge in [-0.3, -0.25) is 14.5 Å². The fourth-order valence-electron chi connectivity index (χ4n) is 2.14. The average Bonchev–Trinajstić information content (AvgIpc) is 2.67. The van der Waals surface area contributed by atoms with E-state index in [2.05, 4.69) is 11.4 Å². The van der Waals surface area contributed by atoms with Crippen molar-refractivity contribution in [2.75, 3.05) is 11.9 Å². The van der Waals surface area contributed by atoms with Crippen LogP contribution in [-0.4, -0.2) is 29.3 Å². The van der Waals surface area contributed by atoms with Crippen LogP contribution in [0.3, 0.4) is 0 Å². The molecule has 19 heavy (non-hydrogen) atoms. The Morgan fingerprint density at radius 1 is 1.37 bits per heavy atom. The lowest BCUT2D eigenvalue weighted by atomic mass is 10.1. The zero-order valence-corrected chi connectivity index (χ0v) is 10.7. The van der Waals surface area contributed by atoms with Crippen LogP contribution in [0.25, 0.3) is 0 Å². The Hall–Kier alpha value is -2.35. The molecule has 0 radical (unpaired) electrons. The van der Waals surface area contributed by atoms with Gasteiger partial charge in [0.1, 0.15) is 6.04 Å². The molecule has 1 aromatic carbocycles. The number of carbonyl (C=O) groups excluding carboxylic acids is 2. The molecule has 5 heteroatoms. The van der Waals surface area contributed by atoms with Crippen LogP contribution in [0.2, 0.25) is 0 Å². The van der Waals surface area contributed by atoms with E-state index in [0.29, 0.717) is 13.0 Å². The Morgan fingerprint density at radius 2 is 2.05 bits per heavy atom. The van der Waals surface area contributed by atoms with Gasteiger partial charge in [-0.15, -0.1) is 0 Å². The van der Waals surface area contributed by atoms with E-state index in [1.165, 1.54) is 4.90 Å². The number of benzene rings is 1. The van der Waals surface area contributed by atoms with E-state index in [1.807, 2.05) is 24.3 Å². The molecule has 1 aromatic rings. The van der Waals surface area contributed by atoms with E-state index in [4.69, 9.17) is 5.26 Å². The summed E-state index contributed by atoms with van der Waals surface area (Å²) < 4.78 is 0. The highest BCUT2D eigenvalue weighted by Gasteiger charge is 2.37. The molecule has 1 unspecified atom stereocenters. The Labute approximate surface area is 111 Å². The van der Waals surface area contributed by atoms with E-state index in [9.17, 15) is 9.59 Å². The number of rotatable bonds is 4. The second-order valence-electron chi connectivity index (χ2n) is 4.41. The van der Waals surface area contributed by atoms with Crippen molar-refractivity contribution < 1.29 is 9.59 Å². The van der Waals surface area contributed by atoms with Gasteiger partial charge in [-0.05, 0) is 24.6 Å². The molecule has 1 N–H and O–H groups in total. The lowest BCUT2D eigenvalue weighted by molar-refractivity contribution is -0.138. The minimum atomic E-state index is -0.478. The van der Waals surface area contributed by atoms with Crippen LogP contribution in [0.4, 0.5) is 5.69 Å². The molecular weight excluding hydrogens is 242 g/mol. The Kier molecular flexibility index (Phi) is 3.81. The predicted molar refractivity (Wildman–Crippen MR) is 70.2 cm³/mol. The minimum absolute atomic E-state index is 0.133. The van der Waals surface area contributed by atoms with Crippen molar-refractivity contribution in [2.45, 2.75) is 25.8 Å². The third-order valence-corrected chi connectivity index (χ3v) is 3.14. The third-order valence-electron chi connectivity index (χ3n) is 3.14. The summed E-state index contributed by atoms with van der Waals surface area (Å²) in [4.78, 5) is 24.8. The summed E-state index contributed by atoms with van der Waals surface area (Å²) in [6.07, 6.45) is 0.567. The van der Waals surface area contributed by atoms with Gasteiger partial charge in [-0.2, -0.15) is 5.26 Å². The number of nitrogens with zero attached hydrogens (tertiary/aromatic N) is 2. The lowest BCUT2D eigenvalue weighted by Gasteiger charge is -2.14. The van der Waals surface area contributed by atoms with Crippen LogP contribution in [0.15, 0.2) is 24.3 Å². The fourth-order valence-corrected chi connectivity index (χ4v) is 2.14. The van der Waals surface area contributed by atoms with Crippen molar-refractivity contribution in [1.82, 2.24) is 4.90 Å². The van der Waals surface area contributed by atoms with Gasteiger partial charge >= 0.3 is 0 Å². The summed E-state index contributed by atoms with van der Waals surface area (Å²) in [5.41, 5.74) is 1.71. The van der Waals surface area contributed by atoms with Gasteiger partial charge in [0.2, 0.25) is 5.91 Å². The number of amides is 2. The molecule has 1 aliphatic rings. The zero-order valence-electron chi connectivity index (χ0n) is 10.7. The van der Waals surface area contributed by atoms with Crippen molar-refractivity contribution in [2.24, 2.45) is 0 Å². The number of carbonyl (C=O) groups is 2. The van der Waals surface area contributed by atoms with Gasteiger partial charge in [0.05, 0.1) is 18.9 Å². The van der Waals surface area contributed by atoms with Crippen molar-refractivity contribution in [3.05, 3.63) is 29.8 Å². The number of anilines is 1. The number of nitriles is 1. The molecule has 1 saturated heterocycles. The minimum Gasteiger partial charge on any atom is -0.373 e. The summed E-state index contributed by atoms with van der Waals surface area (Å²) in [7, 11) is 0. The molecule has 1 heterocycles. The van der Waals surface area contributed by atoms with Crippen LogP contribution < -0.4 is 5.32 Å². The van der Waals surface area contributed by atoms with E-state index in [0.717, 1.165) is 11.3 Å². The summed E-state index contributed by atoms with van der Waals surface area (Å²) in [5, 5.41) is 11.6. The van der Waals surface area contributed by atoms with Gasteiger partial charge < -0.3 is 5.32 Å². The molecular formula is C14H15N3O2. The Bertz CT molecular complexity index is 531. The monoisotopic (exact) mass is 257 g/mol. The number of imide groups is 1. The third kappa shape index (κ3) is 2.74. The smallest absolute Gasteiger partial charge is 0.252 e. The van der Waals surface area contributed by atoms with Crippen molar-refractivity contribution in [1.29, 1.82) is 5.26 Å². The molecule has 0 saturated carbocycles. The van der Waals surface area contributed by atoms with Crippen molar-refractivity contribution in [3.8, 4) is 6.07 Å². The number of likely N-dealkylation sites (tertiary alicyclic amines) is 1. The summed E-state index contributed by atoms with van der Waals surface area (Å²) in [6, 6.07) is 8.91. The second kappa shape index (κ2) is 5.53. The first-order chi connectivity index (χ1) is 9.15. The molecule has 0 aliphatic carbocycles. The highest BCUT2D eigenvalue weighted by molar-refractivity contribution is 6.06. The first-order valence-electron chi connectivity index (χ1n) is 6.22. The molecule has 1 fully saturated rings. The standard InChI is InChI=1S/C14H15N3O2/c1-2-17-13(18)9-12(14(17)19)16-11-5-3-10(4-6-11)7-8-15/h3-6,12,16H,2,7,9H2,1H3. The molecule has 0 spiro atoms. The predicted octanol–water partition coefficient (Wildman–Crippen LogP) is 1.31. The van der Waals surface area contributed by atoms with Crippen LogP contribution in [0.1, 0.15) is 18.9 Å². The maximum atomic E-state index is 11.9. The van der Waals surface area contributed by atoms with E-state index >= 15 is 0 Å². The van der Waals surface area contributed by atoms with E-state index in [1.54, 1.807) is 6.92 Å². The number of nitrogens with one attached hydrogen (secondary N) is 1. The molecule has 1 aliphatic heterocycles. The molecule has 1 atom stereocenters. The maximum Gasteiger partial charge on any atom is 0.252 e. The Balaban J connectivity index is 2.04. The fraction of sp³-hybridized carbons (Fsp3) is 0.357. The van der Waals surface area contributed by atoms with Gasteiger partial charge in [0.25, 0.3) is 5.91 Å². The number of hydrogen-bond acceptors (Lipinski definition) is 4. The molecule has 98 valence electrons. The van der Waals surface area contributed by atoms with Gasteiger partial charge in [-0.1, -0.05) is 12.1 Å². The van der Waals surface area contributed by atoms with Crippen LogP contribution in [0.5, 0.6) is 0 Å². The summed E-state index contributed by atoms with van der Waals surface area (Å²) in [6.45, 7) is 2.20. The number of likely N-dealkylation sites (N-methyl/N-ethyl adjacent to an activating group) is 1. The van der Waals surface area contributed by atoms with Crippen LogP contribution in [-0.2, 0) is 16.0 Å². The van der Waals surface area contributed by atoms with Crippen molar-refractivity contribution >= 4 is 17.5 Å². The molecule has 2 rings (SSSR count). The summed E-state index contributed by atoms with van der Waals surface area (Å²) >= 11 is 0. The van der Waals surface area contributed by atoms with Crippen molar-refractivity contribution in [3.63, 3.8) is 0 Å². The molecule has 0 aromatic heterocycles. The molecule has 2 amide bonds. The first kappa shape index (κ1) is 13.1. The van der Waals surface area contributed by atoms with Crippen LogP contribution in [0, 0.1) is 11.3 Å². The highest BCUT2D eigenvalue weighted by atomic mass is 16.2. The van der Waals surface area contributed by atoms with Gasteiger partial charge in [0.15, 0.2) is 0 Å². The average molecular weight is 257 g/mol. The van der Waals surface area contributed by atoms with E-state index in [-0.39, 0.29) is 18.2 Å². The molecule has 5 nitrogen and oxygen atoms in total. The highest BCUT2D eigenvalue weighted by Crippen LogP contribution is 2.18. The second-order valence-corrected chi connectivity index (χ2v) is 4.41. The lowest BCUT2D eigenvalue weighted by Crippen LogP contribution is -2.34. The maximum absolute atomic E-state index is 11.9. The van der Waals surface area contributed by atoms with E-state index < -0.39 is 6.04 Å². The normalized spacial score (nSPS) is 18.5. The topological polar surface area (TPSA) is 73.2 Å². The molecule has 0 bridgehead atoms. The quantitative estimate of drug-likeness (QED) is 0.825.